The van der Waals surface area contributed by atoms with Gasteiger partial charge in [-0.05, 0) is 11.5 Å². The van der Waals surface area contributed by atoms with Crippen LogP contribution in [0.3, 0.4) is 0 Å². The predicted octanol–water partition coefficient (Wildman–Crippen LogP) is 3.59. The van der Waals surface area contributed by atoms with Gasteiger partial charge in [0.2, 0.25) is 0 Å². The Hall–Kier alpha value is -1.96. The fraction of sp³-hybridized carbons (Fsp3) is 0.0769. The Morgan fingerprint density at radius 3 is 2.73 bits per heavy atom. The molecule has 2 nitrogen and oxygen atoms in total. The van der Waals surface area contributed by atoms with E-state index in [4.69, 9.17) is 9.15 Å². The van der Waals surface area contributed by atoms with Crippen molar-refractivity contribution in [2.24, 2.45) is 0 Å². The second-order valence-electron chi connectivity index (χ2n) is 3.47. The molecular formula is C13H10O2. The molecule has 0 unspecified atom stereocenters. The average molecular weight is 198 g/mol. The number of methoxy groups -OCH3 is 1. The number of benzene rings is 2. The van der Waals surface area contributed by atoms with Crippen molar-refractivity contribution in [2.45, 2.75) is 0 Å². The van der Waals surface area contributed by atoms with Gasteiger partial charge in [0.05, 0.1) is 12.5 Å². The Bertz CT molecular complexity index is 623. The summed E-state index contributed by atoms with van der Waals surface area (Å²) in [6.45, 7) is 0. The second kappa shape index (κ2) is 3.02. The highest BCUT2D eigenvalue weighted by molar-refractivity contribution is 6.06. The van der Waals surface area contributed by atoms with Gasteiger partial charge in [-0.15, -0.1) is 0 Å². The van der Waals surface area contributed by atoms with E-state index in [9.17, 15) is 0 Å². The van der Waals surface area contributed by atoms with Crippen molar-refractivity contribution < 1.29 is 9.15 Å². The third kappa shape index (κ3) is 1.11. The van der Waals surface area contributed by atoms with Crippen molar-refractivity contribution in [1.82, 2.24) is 0 Å². The van der Waals surface area contributed by atoms with Crippen molar-refractivity contribution in [3.8, 4) is 5.75 Å². The summed E-state index contributed by atoms with van der Waals surface area (Å²) in [5, 5.41) is 3.33. The minimum atomic E-state index is 0.788. The highest BCUT2D eigenvalue weighted by Crippen LogP contribution is 2.32. The molecule has 0 saturated carbocycles. The zero-order chi connectivity index (χ0) is 10.3. The monoisotopic (exact) mass is 198 g/mol. The molecule has 74 valence electrons. The van der Waals surface area contributed by atoms with Crippen molar-refractivity contribution in [3.63, 3.8) is 0 Å². The lowest BCUT2D eigenvalue weighted by Gasteiger charge is -1.98. The Balaban J connectivity index is 2.50. The van der Waals surface area contributed by atoms with Crippen LogP contribution in [0.15, 0.2) is 47.1 Å². The molecule has 1 heterocycles. The van der Waals surface area contributed by atoms with Gasteiger partial charge < -0.3 is 9.15 Å². The molecule has 0 aliphatic carbocycles. The second-order valence-corrected chi connectivity index (χ2v) is 3.47. The van der Waals surface area contributed by atoms with E-state index in [-0.39, 0.29) is 0 Å². The first-order valence-corrected chi connectivity index (χ1v) is 4.83. The first-order valence-electron chi connectivity index (χ1n) is 4.83. The lowest BCUT2D eigenvalue weighted by Crippen LogP contribution is -1.79. The third-order valence-corrected chi connectivity index (χ3v) is 2.65. The van der Waals surface area contributed by atoms with Crippen molar-refractivity contribution in [3.05, 3.63) is 42.7 Å². The van der Waals surface area contributed by atoms with Crippen LogP contribution in [-0.4, -0.2) is 7.11 Å². The van der Waals surface area contributed by atoms with Crippen LogP contribution in [0, 0.1) is 0 Å². The van der Waals surface area contributed by atoms with Gasteiger partial charge in [0.1, 0.15) is 11.8 Å². The Morgan fingerprint density at radius 1 is 1.00 bits per heavy atom. The lowest BCUT2D eigenvalue weighted by molar-refractivity contribution is 0.410. The molecule has 15 heavy (non-hydrogen) atoms. The lowest BCUT2D eigenvalue weighted by atomic mass is 10.1. The third-order valence-electron chi connectivity index (χ3n) is 2.65. The molecule has 0 aliphatic rings. The molecule has 0 saturated heterocycles. The van der Waals surface area contributed by atoms with Crippen molar-refractivity contribution in [2.75, 3.05) is 7.11 Å². The minimum Gasteiger partial charge on any atom is -0.493 e. The van der Waals surface area contributed by atoms with Gasteiger partial charge in [0.25, 0.3) is 0 Å². The fourth-order valence-corrected chi connectivity index (χ4v) is 1.90. The van der Waals surface area contributed by atoms with E-state index in [1.807, 2.05) is 18.2 Å². The van der Waals surface area contributed by atoms with E-state index in [2.05, 4.69) is 18.2 Å². The molecule has 0 radical (unpaired) electrons. The molecule has 2 aromatic carbocycles. The Labute approximate surface area is 87.1 Å². The SMILES string of the molecule is COc1coc2c1ccc1ccccc12. The number of furan rings is 1. The van der Waals surface area contributed by atoms with E-state index in [1.54, 1.807) is 13.4 Å². The van der Waals surface area contributed by atoms with Gasteiger partial charge in [0, 0.05) is 5.39 Å². The van der Waals surface area contributed by atoms with Gasteiger partial charge in [-0.25, -0.2) is 0 Å². The van der Waals surface area contributed by atoms with Gasteiger partial charge >= 0.3 is 0 Å². The molecule has 0 spiro atoms. The molecule has 1 aromatic heterocycles. The van der Waals surface area contributed by atoms with Gasteiger partial charge in [-0.1, -0.05) is 30.3 Å². The molecule has 0 atom stereocenters. The Morgan fingerprint density at radius 2 is 1.87 bits per heavy atom. The van der Waals surface area contributed by atoms with E-state index in [0.717, 1.165) is 22.1 Å². The summed E-state index contributed by atoms with van der Waals surface area (Å²) in [6, 6.07) is 12.3. The zero-order valence-corrected chi connectivity index (χ0v) is 8.36. The van der Waals surface area contributed by atoms with Crippen LogP contribution >= 0.6 is 0 Å². The van der Waals surface area contributed by atoms with Gasteiger partial charge in [0.15, 0.2) is 5.75 Å². The molecular weight excluding hydrogens is 188 g/mol. The maximum absolute atomic E-state index is 5.53. The predicted molar refractivity (Wildman–Crippen MR) is 60.3 cm³/mol. The maximum atomic E-state index is 5.53. The van der Waals surface area contributed by atoms with Crippen LogP contribution in [0.4, 0.5) is 0 Å². The summed E-state index contributed by atoms with van der Waals surface area (Å²) in [7, 11) is 1.65. The number of hydrogen-bond acceptors (Lipinski definition) is 2. The highest BCUT2D eigenvalue weighted by Gasteiger charge is 2.08. The number of ether oxygens (including phenoxy) is 1. The molecule has 0 aliphatic heterocycles. The minimum absolute atomic E-state index is 0.788. The number of fused-ring (bicyclic) bond motifs is 3. The van der Waals surface area contributed by atoms with E-state index in [0.29, 0.717) is 0 Å². The van der Waals surface area contributed by atoms with Crippen molar-refractivity contribution in [1.29, 1.82) is 0 Å². The molecule has 0 amide bonds. The average Bonchev–Trinajstić information content (AvgIpc) is 2.72. The highest BCUT2D eigenvalue weighted by atomic mass is 16.5. The van der Waals surface area contributed by atoms with Crippen LogP contribution < -0.4 is 4.74 Å². The van der Waals surface area contributed by atoms with Crippen LogP contribution in [0.1, 0.15) is 0 Å². The molecule has 3 rings (SSSR count). The van der Waals surface area contributed by atoms with Crippen LogP contribution in [0.25, 0.3) is 21.7 Å². The van der Waals surface area contributed by atoms with Gasteiger partial charge in [-0.3, -0.25) is 0 Å². The summed E-state index contributed by atoms with van der Waals surface area (Å²) in [6.07, 6.45) is 1.65. The molecule has 0 bridgehead atoms. The summed E-state index contributed by atoms with van der Waals surface area (Å²) >= 11 is 0. The zero-order valence-electron chi connectivity index (χ0n) is 8.36. The molecule has 3 aromatic rings. The molecule has 0 fully saturated rings. The Kier molecular flexibility index (Phi) is 1.68. The largest absolute Gasteiger partial charge is 0.493 e. The molecule has 0 N–H and O–H groups in total. The van der Waals surface area contributed by atoms with Crippen LogP contribution in [0.5, 0.6) is 5.75 Å². The first-order chi connectivity index (χ1) is 7.40. The summed E-state index contributed by atoms with van der Waals surface area (Å²) in [5.74, 6) is 0.788. The van der Waals surface area contributed by atoms with E-state index in [1.165, 1.54) is 5.39 Å². The van der Waals surface area contributed by atoms with Crippen molar-refractivity contribution >= 4 is 21.7 Å². The summed E-state index contributed by atoms with van der Waals surface area (Å²) < 4.78 is 10.8. The summed E-state index contributed by atoms with van der Waals surface area (Å²) in [4.78, 5) is 0. The maximum Gasteiger partial charge on any atom is 0.164 e. The quantitative estimate of drug-likeness (QED) is 0.596. The standard InChI is InChI=1S/C13H10O2/c1-14-12-8-15-13-10-5-3-2-4-9(10)6-7-11(12)13/h2-8H,1H3. The normalized spacial score (nSPS) is 11.0. The number of rotatable bonds is 1. The van der Waals surface area contributed by atoms with E-state index >= 15 is 0 Å². The van der Waals surface area contributed by atoms with Crippen LogP contribution in [-0.2, 0) is 0 Å². The number of hydrogen-bond donors (Lipinski definition) is 0. The fourth-order valence-electron chi connectivity index (χ4n) is 1.90. The van der Waals surface area contributed by atoms with E-state index < -0.39 is 0 Å². The first kappa shape index (κ1) is 8.36. The topological polar surface area (TPSA) is 22.4 Å². The smallest absolute Gasteiger partial charge is 0.164 e. The van der Waals surface area contributed by atoms with Gasteiger partial charge in [-0.2, -0.15) is 0 Å². The summed E-state index contributed by atoms with van der Waals surface area (Å²) in [5.41, 5.74) is 0.893. The molecule has 2 heteroatoms. The van der Waals surface area contributed by atoms with Crippen LogP contribution in [0.2, 0.25) is 0 Å².